The summed E-state index contributed by atoms with van der Waals surface area (Å²) in [5.74, 6) is 0.938. The molecular weight excluding hydrogens is 270 g/mol. The van der Waals surface area contributed by atoms with Gasteiger partial charge in [0.25, 0.3) is 0 Å². The minimum atomic E-state index is 0.0696. The average Bonchev–Trinajstić information content (AvgIpc) is 2.54. The van der Waals surface area contributed by atoms with E-state index in [9.17, 15) is 0 Å². The van der Waals surface area contributed by atoms with Crippen LogP contribution in [0.25, 0.3) is 0 Å². The van der Waals surface area contributed by atoms with Crippen LogP contribution in [0.1, 0.15) is 43.9 Å². The Morgan fingerprint density at radius 2 is 1.86 bits per heavy atom. The molecule has 0 aromatic heterocycles. The van der Waals surface area contributed by atoms with Crippen LogP contribution in [0.2, 0.25) is 0 Å². The number of hydrogen-bond acceptors (Lipinski definition) is 2. The molecule has 0 radical (unpaired) electrons. The van der Waals surface area contributed by atoms with Crippen molar-refractivity contribution in [3.63, 3.8) is 0 Å². The molecule has 0 bridgehead atoms. The highest BCUT2D eigenvalue weighted by Gasteiger charge is 2.29. The van der Waals surface area contributed by atoms with E-state index in [0.717, 1.165) is 18.7 Å². The fourth-order valence-electron chi connectivity index (χ4n) is 2.93. The molecule has 0 atom stereocenters. The maximum atomic E-state index is 5.98. The molecule has 0 spiro atoms. The maximum Gasteiger partial charge on any atom is 0.120 e. The van der Waals surface area contributed by atoms with Crippen LogP contribution >= 0.6 is 0 Å². The summed E-state index contributed by atoms with van der Waals surface area (Å²) < 4.78 is 5.98. The summed E-state index contributed by atoms with van der Waals surface area (Å²) in [5, 5.41) is 0. The van der Waals surface area contributed by atoms with Crippen LogP contribution in [0, 0.1) is 0 Å². The topological polar surface area (TPSA) is 21.6 Å². The zero-order chi connectivity index (χ0) is 15.6. The molecule has 0 saturated carbocycles. The molecule has 1 aliphatic rings. The van der Waals surface area contributed by atoms with Crippen molar-refractivity contribution in [1.29, 1.82) is 0 Å². The lowest BCUT2D eigenvalue weighted by molar-refractivity contribution is 0.305. The van der Waals surface area contributed by atoms with Crippen LogP contribution in [0.3, 0.4) is 0 Å². The van der Waals surface area contributed by atoms with E-state index in [1.807, 2.05) is 18.2 Å². The van der Waals surface area contributed by atoms with E-state index >= 15 is 0 Å². The van der Waals surface area contributed by atoms with Gasteiger partial charge < -0.3 is 4.74 Å². The van der Waals surface area contributed by atoms with E-state index in [0.29, 0.717) is 6.61 Å². The molecule has 2 nitrogen and oxygen atoms in total. The van der Waals surface area contributed by atoms with Gasteiger partial charge in [0.1, 0.15) is 12.4 Å². The number of fused-ring (bicyclic) bond motifs is 1. The Balaban J connectivity index is 1.85. The summed E-state index contributed by atoms with van der Waals surface area (Å²) in [7, 11) is 0. The van der Waals surface area contributed by atoms with E-state index in [1.165, 1.54) is 22.4 Å². The molecule has 1 aliphatic heterocycles. The second-order valence-electron chi connectivity index (χ2n) is 6.48. The van der Waals surface area contributed by atoms with Gasteiger partial charge in [0.05, 0.1) is 0 Å². The van der Waals surface area contributed by atoms with E-state index in [-0.39, 0.29) is 5.41 Å². The molecule has 0 amide bonds. The first-order valence-corrected chi connectivity index (χ1v) is 7.95. The van der Waals surface area contributed by atoms with Gasteiger partial charge in [0.2, 0.25) is 0 Å². The Kier molecular flexibility index (Phi) is 4.02. The van der Waals surface area contributed by atoms with Gasteiger partial charge in [-0.05, 0) is 41.3 Å². The minimum Gasteiger partial charge on any atom is -0.489 e. The van der Waals surface area contributed by atoms with Crippen LogP contribution in [0.4, 0.5) is 0 Å². The van der Waals surface area contributed by atoms with Gasteiger partial charge in [-0.3, -0.25) is 4.99 Å². The van der Waals surface area contributed by atoms with Crippen molar-refractivity contribution in [2.24, 2.45) is 4.99 Å². The van der Waals surface area contributed by atoms with E-state index in [4.69, 9.17) is 9.73 Å². The third-order valence-electron chi connectivity index (χ3n) is 4.28. The predicted octanol–water partition coefficient (Wildman–Crippen LogP) is 4.76. The lowest BCUT2D eigenvalue weighted by Gasteiger charge is -2.31. The van der Waals surface area contributed by atoms with Crippen molar-refractivity contribution in [3.8, 4) is 5.75 Å². The van der Waals surface area contributed by atoms with Gasteiger partial charge in [0, 0.05) is 17.7 Å². The highest BCUT2D eigenvalue weighted by molar-refractivity contribution is 6.03. The SMILES string of the molecule is CCC1=NCC(C)(C)c2cc(OCc3ccccc3)ccc21. The first kappa shape index (κ1) is 14.8. The summed E-state index contributed by atoms with van der Waals surface area (Å²) >= 11 is 0. The van der Waals surface area contributed by atoms with Crippen molar-refractivity contribution in [3.05, 3.63) is 65.2 Å². The molecule has 2 heteroatoms. The zero-order valence-corrected chi connectivity index (χ0v) is 13.6. The van der Waals surface area contributed by atoms with Crippen molar-refractivity contribution in [1.82, 2.24) is 0 Å². The monoisotopic (exact) mass is 293 g/mol. The van der Waals surface area contributed by atoms with Gasteiger partial charge in [-0.25, -0.2) is 0 Å². The fraction of sp³-hybridized carbons (Fsp3) is 0.350. The van der Waals surface area contributed by atoms with Crippen molar-refractivity contribution in [2.75, 3.05) is 6.54 Å². The van der Waals surface area contributed by atoms with Gasteiger partial charge in [-0.1, -0.05) is 51.1 Å². The van der Waals surface area contributed by atoms with Crippen molar-refractivity contribution < 1.29 is 4.74 Å². The molecule has 22 heavy (non-hydrogen) atoms. The third kappa shape index (κ3) is 2.92. The molecule has 2 aromatic rings. The average molecular weight is 293 g/mol. The lowest BCUT2D eigenvalue weighted by Crippen LogP contribution is -2.29. The van der Waals surface area contributed by atoms with Crippen LogP contribution in [0.15, 0.2) is 53.5 Å². The lowest BCUT2D eigenvalue weighted by atomic mass is 9.78. The number of rotatable bonds is 4. The molecule has 3 rings (SSSR count). The molecule has 0 unspecified atom stereocenters. The first-order valence-electron chi connectivity index (χ1n) is 7.95. The number of ether oxygens (including phenoxy) is 1. The van der Waals surface area contributed by atoms with Crippen LogP contribution in [0.5, 0.6) is 5.75 Å². The highest BCUT2D eigenvalue weighted by Crippen LogP contribution is 2.34. The largest absolute Gasteiger partial charge is 0.489 e. The molecule has 1 heterocycles. The smallest absolute Gasteiger partial charge is 0.120 e. The predicted molar refractivity (Wildman–Crippen MR) is 91.9 cm³/mol. The summed E-state index contributed by atoms with van der Waals surface area (Å²) in [6.07, 6.45) is 0.979. The normalized spacial score (nSPS) is 15.9. The Morgan fingerprint density at radius 3 is 2.59 bits per heavy atom. The maximum absolute atomic E-state index is 5.98. The molecule has 0 N–H and O–H groups in total. The van der Waals surface area contributed by atoms with Gasteiger partial charge in [0.15, 0.2) is 0 Å². The minimum absolute atomic E-state index is 0.0696. The van der Waals surface area contributed by atoms with Crippen LogP contribution < -0.4 is 4.74 Å². The molecular formula is C20H23NO. The standard InChI is InChI=1S/C20H23NO/c1-4-19-17-11-10-16(12-18(17)20(2,3)14-21-19)22-13-15-8-6-5-7-9-15/h5-12H,4,13-14H2,1-3H3. The van der Waals surface area contributed by atoms with Crippen molar-refractivity contribution >= 4 is 5.71 Å². The molecule has 0 saturated heterocycles. The van der Waals surface area contributed by atoms with Gasteiger partial charge in [-0.15, -0.1) is 0 Å². The third-order valence-corrected chi connectivity index (χ3v) is 4.28. The Bertz CT molecular complexity index is 686. The first-order chi connectivity index (χ1) is 10.6. The van der Waals surface area contributed by atoms with E-state index in [1.54, 1.807) is 0 Å². The van der Waals surface area contributed by atoms with Gasteiger partial charge in [-0.2, -0.15) is 0 Å². The Morgan fingerprint density at radius 1 is 1.09 bits per heavy atom. The van der Waals surface area contributed by atoms with Crippen molar-refractivity contribution in [2.45, 2.75) is 39.2 Å². The Labute approximate surface area is 132 Å². The number of nitrogens with zero attached hydrogens (tertiary/aromatic N) is 1. The highest BCUT2D eigenvalue weighted by atomic mass is 16.5. The number of benzene rings is 2. The second kappa shape index (κ2) is 5.96. The molecule has 2 aromatic carbocycles. The quantitative estimate of drug-likeness (QED) is 0.796. The number of hydrogen-bond donors (Lipinski definition) is 0. The Hall–Kier alpha value is -2.09. The van der Waals surface area contributed by atoms with Crippen LogP contribution in [-0.2, 0) is 12.0 Å². The second-order valence-corrected chi connectivity index (χ2v) is 6.48. The summed E-state index contributed by atoms with van der Waals surface area (Å²) in [6.45, 7) is 8.13. The summed E-state index contributed by atoms with van der Waals surface area (Å²) in [6, 6.07) is 16.7. The van der Waals surface area contributed by atoms with E-state index < -0.39 is 0 Å². The number of aliphatic imine (C=N–C) groups is 1. The van der Waals surface area contributed by atoms with E-state index in [2.05, 4.69) is 51.1 Å². The zero-order valence-electron chi connectivity index (χ0n) is 13.6. The molecule has 114 valence electrons. The molecule has 0 fully saturated rings. The van der Waals surface area contributed by atoms with Crippen LogP contribution in [-0.4, -0.2) is 12.3 Å². The fourth-order valence-corrected chi connectivity index (χ4v) is 2.93. The summed E-state index contributed by atoms with van der Waals surface area (Å²) in [5.41, 5.74) is 5.11. The summed E-state index contributed by atoms with van der Waals surface area (Å²) in [4.78, 5) is 4.74. The molecule has 0 aliphatic carbocycles. The van der Waals surface area contributed by atoms with Gasteiger partial charge >= 0.3 is 0 Å².